The predicted octanol–water partition coefficient (Wildman–Crippen LogP) is -1.86. The summed E-state index contributed by atoms with van der Waals surface area (Å²) in [6.45, 7) is 0.0822. The predicted molar refractivity (Wildman–Crippen MR) is 37.9 cm³/mol. The van der Waals surface area contributed by atoms with Crippen LogP contribution in [-0.2, 0) is 14.2 Å². The Hall–Kier alpha value is -0.460. The van der Waals surface area contributed by atoms with Crippen molar-refractivity contribution >= 4 is 13.5 Å². The van der Waals surface area contributed by atoms with E-state index < -0.39 is 25.8 Å². The molecule has 7 nitrogen and oxygen atoms in total. The summed E-state index contributed by atoms with van der Waals surface area (Å²) in [5, 5.41) is 2.37. The van der Waals surface area contributed by atoms with Crippen molar-refractivity contribution in [1.82, 2.24) is 10.8 Å². The highest BCUT2D eigenvalue weighted by molar-refractivity contribution is 7.51. The molecule has 1 saturated heterocycles. The lowest BCUT2D eigenvalue weighted by Crippen LogP contribution is -2.38. The Morgan fingerprint density at radius 3 is 2.83 bits per heavy atom. The Balaban J connectivity index is 2.32. The van der Waals surface area contributed by atoms with Gasteiger partial charge >= 0.3 is 7.60 Å². The lowest BCUT2D eigenvalue weighted by Gasteiger charge is -2.08. The van der Waals surface area contributed by atoms with Gasteiger partial charge in [-0.25, -0.2) is 5.48 Å². The standard InChI is InChI=1S/C4H9N2O5P/c7-4-3(1-11-6-4)5-2-12(8,9)10/h3,5H,1-2H2,(H,6,7)(H2,8,9,10). The molecule has 1 atom stereocenters. The lowest BCUT2D eigenvalue weighted by atomic mass is 10.3. The Bertz CT molecular complexity index is 225. The number of rotatable bonds is 3. The van der Waals surface area contributed by atoms with Crippen LogP contribution < -0.4 is 10.8 Å². The topological polar surface area (TPSA) is 108 Å². The van der Waals surface area contributed by atoms with E-state index in [-0.39, 0.29) is 6.61 Å². The smallest absolute Gasteiger partial charge is 0.324 e. The normalized spacial score (nSPS) is 24.2. The highest BCUT2D eigenvalue weighted by Gasteiger charge is 2.27. The molecular formula is C4H9N2O5P. The zero-order valence-electron chi connectivity index (χ0n) is 6.06. The molecule has 4 N–H and O–H groups in total. The van der Waals surface area contributed by atoms with E-state index in [1.807, 2.05) is 0 Å². The molecule has 1 unspecified atom stereocenters. The molecule has 1 heterocycles. The van der Waals surface area contributed by atoms with Crippen molar-refractivity contribution < 1.29 is 24.0 Å². The van der Waals surface area contributed by atoms with E-state index in [2.05, 4.69) is 15.6 Å². The van der Waals surface area contributed by atoms with Crippen LogP contribution in [0.15, 0.2) is 0 Å². The van der Waals surface area contributed by atoms with E-state index in [4.69, 9.17) is 9.79 Å². The van der Waals surface area contributed by atoms with Crippen molar-refractivity contribution in [3.63, 3.8) is 0 Å². The first-order valence-electron chi connectivity index (χ1n) is 3.18. The monoisotopic (exact) mass is 196 g/mol. The van der Waals surface area contributed by atoms with Crippen LogP contribution >= 0.6 is 7.60 Å². The van der Waals surface area contributed by atoms with E-state index in [0.717, 1.165) is 0 Å². The van der Waals surface area contributed by atoms with Gasteiger partial charge in [0.25, 0.3) is 5.91 Å². The first-order valence-corrected chi connectivity index (χ1v) is 4.98. The summed E-state index contributed by atoms with van der Waals surface area (Å²) in [7, 11) is -4.09. The first-order chi connectivity index (χ1) is 5.49. The van der Waals surface area contributed by atoms with Crippen LogP contribution in [-0.4, -0.2) is 34.6 Å². The molecule has 1 fully saturated rings. The summed E-state index contributed by atoms with van der Waals surface area (Å²) in [6.07, 6.45) is -0.519. The Labute approximate surface area is 68.2 Å². The molecule has 1 aliphatic rings. The van der Waals surface area contributed by atoms with Crippen LogP contribution in [0.4, 0.5) is 0 Å². The fourth-order valence-corrected chi connectivity index (χ4v) is 1.18. The molecule has 0 aliphatic carbocycles. The van der Waals surface area contributed by atoms with E-state index in [1.165, 1.54) is 0 Å². The van der Waals surface area contributed by atoms with Crippen LogP contribution in [0.25, 0.3) is 0 Å². The third-order valence-electron chi connectivity index (χ3n) is 1.28. The lowest BCUT2D eigenvalue weighted by molar-refractivity contribution is -0.125. The van der Waals surface area contributed by atoms with Gasteiger partial charge in [0.2, 0.25) is 0 Å². The molecule has 0 radical (unpaired) electrons. The molecule has 0 bridgehead atoms. The van der Waals surface area contributed by atoms with Gasteiger partial charge in [-0.1, -0.05) is 0 Å². The molecule has 0 spiro atoms. The molecule has 1 amide bonds. The largest absolute Gasteiger partial charge is 0.339 e. The number of nitrogens with one attached hydrogen (secondary N) is 2. The van der Waals surface area contributed by atoms with Crippen molar-refractivity contribution in [2.75, 3.05) is 12.9 Å². The zero-order valence-corrected chi connectivity index (χ0v) is 6.95. The van der Waals surface area contributed by atoms with Gasteiger partial charge in [0, 0.05) is 0 Å². The number of amides is 1. The third kappa shape index (κ3) is 2.88. The maximum absolute atomic E-state index is 10.7. The number of carbonyl (C=O) groups is 1. The Kier molecular flexibility index (Phi) is 2.81. The minimum atomic E-state index is -4.09. The van der Waals surface area contributed by atoms with E-state index in [9.17, 15) is 9.36 Å². The van der Waals surface area contributed by atoms with E-state index in [0.29, 0.717) is 0 Å². The summed E-state index contributed by atoms with van der Waals surface area (Å²) >= 11 is 0. The quantitative estimate of drug-likeness (QED) is 0.394. The van der Waals surface area contributed by atoms with Crippen molar-refractivity contribution in [3.8, 4) is 0 Å². The highest BCUT2D eigenvalue weighted by atomic mass is 31.2. The van der Waals surface area contributed by atoms with Gasteiger partial charge < -0.3 is 9.79 Å². The molecule has 12 heavy (non-hydrogen) atoms. The summed E-state index contributed by atoms with van der Waals surface area (Å²) in [5.74, 6) is -0.413. The van der Waals surface area contributed by atoms with Crippen LogP contribution in [0.5, 0.6) is 0 Å². The maximum Gasteiger partial charge on any atom is 0.339 e. The fraction of sp³-hybridized carbons (Fsp3) is 0.750. The minimum Gasteiger partial charge on any atom is -0.324 e. The molecule has 0 saturated carbocycles. The fourth-order valence-electron chi connectivity index (χ4n) is 0.724. The second-order valence-corrected chi connectivity index (χ2v) is 4.00. The van der Waals surface area contributed by atoms with Crippen LogP contribution in [0, 0.1) is 0 Å². The van der Waals surface area contributed by atoms with Gasteiger partial charge in [-0.2, -0.15) is 0 Å². The highest BCUT2D eigenvalue weighted by Crippen LogP contribution is 2.32. The average Bonchev–Trinajstić information content (AvgIpc) is 2.29. The molecule has 0 aromatic heterocycles. The summed E-state index contributed by atoms with van der Waals surface area (Å²) in [5.41, 5.74) is 2.05. The van der Waals surface area contributed by atoms with Gasteiger partial charge in [-0.15, -0.1) is 0 Å². The number of hydrogen-bond donors (Lipinski definition) is 4. The summed E-state index contributed by atoms with van der Waals surface area (Å²) in [4.78, 5) is 32.1. The average molecular weight is 196 g/mol. The van der Waals surface area contributed by atoms with Crippen LogP contribution in [0.2, 0.25) is 0 Å². The summed E-state index contributed by atoms with van der Waals surface area (Å²) < 4.78 is 10.4. The third-order valence-corrected chi connectivity index (χ3v) is 1.88. The molecule has 0 aromatic carbocycles. The van der Waals surface area contributed by atoms with E-state index >= 15 is 0 Å². The molecule has 1 aliphatic heterocycles. The second kappa shape index (κ2) is 3.51. The molecule has 8 heteroatoms. The Morgan fingerprint density at radius 1 is 1.75 bits per heavy atom. The van der Waals surface area contributed by atoms with Crippen molar-refractivity contribution in [3.05, 3.63) is 0 Å². The zero-order chi connectivity index (χ0) is 9.19. The van der Waals surface area contributed by atoms with Gasteiger partial charge in [-0.3, -0.25) is 19.5 Å². The van der Waals surface area contributed by atoms with Crippen LogP contribution in [0.1, 0.15) is 0 Å². The van der Waals surface area contributed by atoms with Crippen molar-refractivity contribution in [2.45, 2.75) is 6.04 Å². The number of carbonyl (C=O) groups excluding carboxylic acids is 1. The maximum atomic E-state index is 10.7. The van der Waals surface area contributed by atoms with Gasteiger partial charge in [0.1, 0.15) is 6.04 Å². The minimum absolute atomic E-state index is 0.0822. The van der Waals surface area contributed by atoms with Gasteiger partial charge in [-0.05, 0) is 0 Å². The van der Waals surface area contributed by atoms with Crippen LogP contribution in [0.3, 0.4) is 0 Å². The van der Waals surface area contributed by atoms with Gasteiger partial charge in [0.05, 0.1) is 12.9 Å². The number of hydrogen-bond acceptors (Lipinski definition) is 4. The van der Waals surface area contributed by atoms with Crippen molar-refractivity contribution in [1.29, 1.82) is 0 Å². The summed E-state index contributed by atoms with van der Waals surface area (Å²) in [6, 6.07) is -0.669. The molecular weight excluding hydrogens is 187 g/mol. The molecule has 70 valence electrons. The molecule has 1 rings (SSSR count). The van der Waals surface area contributed by atoms with Crippen molar-refractivity contribution in [2.24, 2.45) is 0 Å². The first kappa shape index (κ1) is 9.63. The number of hydroxylamine groups is 1. The second-order valence-electron chi connectivity index (χ2n) is 2.36. The Morgan fingerprint density at radius 2 is 2.42 bits per heavy atom. The van der Waals surface area contributed by atoms with E-state index in [1.54, 1.807) is 0 Å². The SMILES string of the molecule is O=C1NOCC1NCP(=O)(O)O. The molecule has 0 aromatic rings. The van der Waals surface area contributed by atoms with Gasteiger partial charge in [0.15, 0.2) is 0 Å².